The predicted molar refractivity (Wildman–Crippen MR) is 102 cm³/mol. The lowest BCUT2D eigenvalue weighted by Gasteiger charge is -2.10. The van der Waals surface area contributed by atoms with Gasteiger partial charge < -0.3 is 15.2 Å². The van der Waals surface area contributed by atoms with Crippen LogP contribution in [0.3, 0.4) is 0 Å². The number of rotatable bonds is 6. The first kappa shape index (κ1) is 18.4. The van der Waals surface area contributed by atoms with Crippen LogP contribution in [0.15, 0.2) is 54.7 Å². The van der Waals surface area contributed by atoms with Crippen LogP contribution in [0.4, 0.5) is 10.2 Å². The molecule has 0 unspecified atom stereocenters. The summed E-state index contributed by atoms with van der Waals surface area (Å²) in [5, 5.41) is 12.4. The maximum absolute atomic E-state index is 13.8. The van der Waals surface area contributed by atoms with Crippen LogP contribution in [0.2, 0.25) is 0 Å². The quantitative estimate of drug-likeness (QED) is 0.671. The fraction of sp³-hybridized carbons (Fsp3) is 0.143. The van der Waals surface area contributed by atoms with E-state index < -0.39 is 5.97 Å². The van der Waals surface area contributed by atoms with Crippen LogP contribution in [0.25, 0.3) is 11.1 Å². The number of carboxylic acids is 1. The average Bonchev–Trinajstić information content (AvgIpc) is 2.68. The van der Waals surface area contributed by atoms with Gasteiger partial charge in [0.25, 0.3) is 0 Å². The largest absolute Gasteiger partial charge is 0.496 e. The molecule has 5 nitrogen and oxygen atoms in total. The number of carbonyl (C=O) groups is 1. The number of halogens is 1. The van der Waals surface area contributed by atoms with Crippen LogP contribution in [0.1, 0.15) is 21.5 Å². The molecule has 1 heterocycles. The molecule has 0 saturated heterocycles. The average molecular weight is 366 g/mol. The second-order valence-corrected chi connectivity index (χ2v) is 6.10. The molecule has 0 amide bonds. The van der Waals surface area contributed by atoms with Crippen molar-refractivity contribution in [2.24, 2.45) is 0 Å². The minimum Gasteiger partial charge on any atom is -0.496 e. The lowest BCUT2D eigenvalue weighted by atomic mass is 10.0. The molecule has 0 saturated carbocycles. The molecule has 27 heavy (non-hydrogen) atoms. The molecule has 2 N–H and O–H groups in total. The number of benzene rings is 2. The monoisotopic (exact) mass is 366 g/mol. The van der Waals surface area contributed by atoms with Crippen molar-refractivity contribution in [1.82, 2.24) is 4.98 Å². The lowest BCUT2D eigenvalue weighted by Crippen LogP contribution is -2.04. The summed E-state index contributed by atoms with van der Waals surface area (Å²) in [6.45, 7) is 2.24. The fourth-order valence-corrected chi connectivity index (χ4v) is 2.75. The van der Waals surface area contributed by atoms with E-state index in [2.05, 4.69) is 10.3 Å². The van der Waals surface area contributed by atoms with Gasteiger partial charge in [-0.15, -0.1) is 0 Å². The molecule has 0 atom stereocenters. The Morgan fingerprint density at radius 3 is 2.59 bits per heavy atom. The van der Waals surface area contributed by atoms with Crippen molar-refractivity contribution in [3.63, 3.8) is 0 Å². The van der Waals surface area contributed by atoms with Crippen molar-refractivity contribution in [3.8, 4) is 16.9 Å². The molecular formula is C21H19FN2O3. The summed E-state index contributed by atoms with van der Waals surface area (Å²) in [5.41, 5.74) is 3.14. The van der Waals surface area contributed by atoms with Gasteiger partial charge in [0.15, 0.2) is 0 Å². The Balaban J connectivity index is 1.76. The Bertz CT molecular complexity index is 972. The predicted octanol–water partition coefficient (Wildman–Crippen LogP) is 4.52. The number of aryl methyl sites for hydroxylation is 1. The number of aromatic carboxylic acids is 1. The highest BCUT2D eigenvalue weighted by atomic mass is 19.1. The molecule has 3 rings (SSSR count). The molecule has 0 aliphatic rings. The molecule has 0 spiro atoms. The third-order valence-corrected chi connectivity index (χ3v) is 4.19. The molecule has 0 radical (unpaired) electrons. The summed E-state index contributed by atoms with van der Waals surface area (Å²) in [6.07, 6.45) is 1.64. The van der Waals surface area contributed by atoms with Gasteiger partial charge in [0, 0.05) is 23.9 Å². The van der Waals surface area contributed by atoms with Crippen molar-refractivity contribution in [2.45, 2.75) is 13.5 Å². The highest BCUT2D eigenvalue weighted by Crippen LogP contribution is 2.27. The smallest absolute Gasteiger partial charge is 0.339 e. The number of anilines is 1. The summed E-state index contributed by atoms with van der Waals surface area (Å²) in [5.74, 6) is -0.409. The molecule has 0 aliphatic carbocycles. The van der Waals surface area contributed by atoms with E-state index >= 15 is 0 Å². The molecule has 138 valence electrons. The van der Waals surface area contributed by atoms with Gasteiger partial charge in [0.2, 0.25) is 0 Å². The van der Waals surface area contributed by atoms with Crippen molar-refractivity contribution in [2.75, 3.05) is 12.4 Å². The van der Waals surface area contributed by atoms with Crippen LogP contribution in [-0.4, -0.2) is 23.2 Å². The first-order valence-corrected chi connectivity index (χ1v) is 8.34. The van der Waals surface area contributed by atoms with E-state index in [4.69, 9.17) is 4.74 Å². The van der Waals surface area contributed by atoms with Crippen molar-refractivity contribution < 1.29 is 19.0 Å². The SMILES string of the molecule is COc1ccc(-c2ccc(NCc3cc(C)ccc3F)nc2)cc1C(=O)O. The second kappa shape index (κ2) is 7.86. The van der Waals surface area contributed by atoms with E-state index in [9.17, 15) is 14.3 Å². The number of nitrogens with zero attached hydrogens (tertiary/aromatic N) is 1. The number of hydrogen-bond donors (Lipinski definition) is 2. The Labute approximate surface area is 156 Å². The van der Waals surface area contributed by atoms with E-state index in [-0.39, 0.29) is 11.4 Å². The molecule has 0 aliphatic heterocycles. The van der Waals surface area contributed by atoms with Crippen LogP contribution >= 0.6 is 0 Å². The van der Waals surface area contributed by atoms with Gasteiger partial charge in [0.05, 0.1) is 7.11 Å². The lowest BCUT2D eigenvalue weighted by molar-refractivity contribution is 0.0693. The molecule has 0 fully saturated rings. The van der Waals surface area contributed by atoms with Crippen molar-refractivity contribution in [3.05, 3.63) is 77.2 Å². The second-order valence-electron chi connectivity index (χ2n) is 6.10. The van der Waals surface area contributed by atoms with Gasteiger partial charge in [-0.1, -0.05) is 23.8 Å². The number of carboxylic acid groups (broad SMARTS) is 1. The molecule has 0 bridgehead atoms. The number of pyridine rings is 1. The van der Waals surface area contributed by atoms with Gasteiger partial charge in [-0.3, -0.25) is 0 Å². The van der Waals surface area contributed by atoms with Gasteiger partial charge in [-0.05, 0) is 42.8 Å². The van der Waals surface area contributed by atoms with E-state index in [0.717, 1.165) is 16.7 Å². The molecular weight excluding hydrogens is 347 g/mol. The number of hydrogen-bond acceptors (Lipinski definition) is 4. The number of methoxy groups -OCH3 is 1. The summed E-state index contributed by atoms with van der Waals surface area (Å²) >= 11 is 0. The van der Waals surface area contributed by atoms with Crippen LogP contribution < -0.4 is 10.1 Å². The molecule has 1 aromatic heterocycles. The van der Waals surface area contributed by atoms with Gasteiger partial charge in [0.1, 0.15) is 22.9 Å². The van der Waals surface area contributed by atoms with Crippen LogP contribution in [0, 0.1) is 12.7 Å². The van der Waals surface area contributed by atoms with E-state index in [1.807, 2.05) is 13.0 Å². The standard InChI is InChI=1S/C21H19FN2O3/c1-13-3-6-18(22)16(9-13)12-24-20-8-5-15(11-23-20)14-4-7-19(27-2)17(10-14)21(25)26/h3-11H,12H2,1-2H3,(H,23,24)(H,25,26). The summed E-state index contributed by atoms with van der Waals surface area (Å²) in [7, 11) is 1.43. The molecule has 3 aromatic rings. The van der Waals surface area contributed by atoms with Crippen LogP contribution in [-0.2, 0) is 6.54 Å². The Kier molecular flexibility index (Phi) is 5.35. The minimum atomic E-state index is -1.06. The Hall–Kier alpha value is -3.41. The van der Waals surface area contributed by atoms with Crippen molar-refractivity contribution in [1.29, 1.82) is 0 Å². The first-order chi connectivity index (χ1) is 13.0. The van der Waals surface area contributed by atoms with Crippen molar-refractivity contribution >= 4 is 11.8 Å². The zero-order valence-electron chi connectivity index (χ0n) is 15.0. The number of nitrogens with one attached hydrogen (secondary N) is 1. The zero-order chi connectivity index (χ0) is 19.4. The van der Waals surface area contributed by atoms with E-state index in [0.29, 0.717) is 23.7 Å². The topological polar surface area (TPSA) is 71.5 Å². The third kappa shape index (κ3) is 4.23. The van der Waals surface area contributed by atoms with Gasteiger partial charge >= 0.3 is 5.97 Å². The van der Waals surface area contributed by atoms with Crippen LogP contribution in [0.5, 0.6) is 5.75 Å². The molecule has 2 aromatic carbocycles. The van der Waals surface area contributed by atoms with Gasteiger partial charge in [-0.2, -0.15) is 0 Å². The van der Waals surface area contributed by atoms with Gasteiger partial charge in [-0.25, -0.2) is 14.2 Å². The summed E-state index contributed by atoms with van der Waals surface area (Å²) in [4.78, 5) is 15.7. The first-order valence-electron chi connectivity index (χ1n) is 8.34. The minimum absolute atomic E-state index is 0.0899. The van der Waals surface area contributed by atoms with E-state index in [1.54, 1.807) is 42.6 Å². The Morgan fingerprint density at radius 1 is 1.15 bits per heavy atom. The highest BCUT2D eigenvalue weighted by molar-refractivity contribution is 5.92. The summed E-state index contributed by atoms with van der Waals surface area (Å²) in [6, 6.07) is 13.5. The zero-order valence-corrected chi connectivity index (χ0v) is 15.0. The Morgan fingerprint density at radius 2 is 1.93 bits per heavy atom. The number of ether oxygens (including phenoxy) is 1. The normalized spacial score (nSPS) is 10.5. The summed E-state index contributed by atoms with van der Waals surface area (Å²) < 4.78 is 18.9. The van der Waals surface area contributed by atoms with E-state index in [1.165, 1.54) is 13.2 Å². The highest BCUT2D eigenvalue weighted by Gasteiger charge is 2.12. The third-order valence-electron chi connectivity index (χ3n) is 4.19. The number of aromatic nitrogens is 1. The maximum Gasteiger partial charge on any atom is 0.339 e. The maximum atomic E-state index is 13.8. The molecule has 6 heteroatoms. The fourth-order valence-electron chi connectivity index (χ4n) is 2.75.